The molecule has 0 radical (unpaired) electrons. The zero-order valence-electron chi connectivity index (χ0n) is 12.4. The molecule has 18 heavy (non-hydrogen) atoms. The molecule has 2 heteroatoms. The van der Waals surface area contributed by atoms with E-state index in [0.717, 1.165) is 6.42 Å². The second-order valence-corrected chi connectivity index (χ2v) is 4.55. The number of hydrogen-bond acceptors (Lipinski definition) is 2. The lowest BCUT2D eigenvalue weighted by Gasteiger charge is -2.15. The van der Waals surface area contributed by atoms with Gasteiger partial charge in [-0.3, -0.25) is 0 Å². The van der Waals surface area contributed by atoms with Crippen LogP contribution in [0.1, 0.15) is 72.1 Å². The zero-order chi connectivity index (χ0) is 13.5. The first kappa shape index (κ1) is 17.1. The van der Waals surface area contributed by atoms with E-state index in [1.54, 1.807) is 12.5 Å². The van der Waals surface area contributed by atoms with Gasteiger partial charge in [-0.15, -0.1) is 0 Å². The van der Waals surface area contributed by atoms with Crippen LogP contribution in [0.4, 0.5) is 0 Å². The lowest BCUT2D eigenvalue weighted by molar-refractivity contribution is -0.0673. The van der Waals surface area contributed by atoms with Gasteiger partial charge in [0.2, 0.25) is 6.29 Å². The zero-order valence-corrected chi connectivity index (χ0v) is 12.4. The van der Waals surface area contributed by atoms with Gasteiger partial charge < -0.3 is 9.47 Å². The Morgan fingerprint density at radius 2 is 1.28 bits per heavy atom. The second-order valence-electron chi connectivity index (χ2n) is 4.55. The fourth-order valence-electron chi connectivity index (χ4n) is 1.77. The fourth-order valence-corrected chi connectivity index (χ4v) is 1.77. The van der Waals surface area contributed by atoms with Crippen molar-refractivity contribution in [3.63, 3.8) is 0 Å². The summed E-state index contributed by atoms with van der Waals surface area (Å²) in [6.45, 7) is 6.14. The summed E-state index contributed by atoms with van der Waals surface area (Å²) < 4.78 is 11.0. The van der Waals surface area contributed by atoms with Crippen molar-refractivity contribution in [2.75, 3.05) is 0 Å². The van der Waals surface area contributed by atoms with Gasteiger partial charge in [0.25, 0.3) is 0 Å². The number of rotatable bonds is 12. The molecule has 0 aliphatic rings. The molecule has 0 saturated carbocycles. The molecule has 0 aromatic rings. The Bertz CT molecular complexity index is 195. The summed E-state index contributed by atoms with van der Waals surface area (Å²) in [6, 6.07) is 0. The minimum atomic E-state index is -0.131. The van der Waals surface area contributed by atoms with Gasteiger partial charge >= 0.3 is 0 Å². The third-order valence-corrected chi connectivity index (χ3v) is 2.78. The molecule has 0 spiro atoms. The van der Waals surface area contributed by atoms with E-state index in [4.69, 9.17) is 9.47 Å². The van der Waals surface area contributed by atoms with Crippen molar-refractivity contribution >= 4 is 0 Å². The maximum absolute atomic E-state index is 5.48. The summed E-state index contributed by atoms with van der Waals surface area (Å²) in [5.74, 6) is 0. The number of hydrogen-bond donors (Lipinski definition) is 0. The molecule has 0 bridgehead atoms. The second kappa shape index (κ2) is 14.1. The first-order chi connectivity index (χ1) is 8.85. The van der Waals surface area contributed by atoms with Crippen LogP contribution in [0.5, 0.6) is 0 Å². The van der Waals surface area contributed by atoms with Crippen molar-refractivity contribution in [2.24, 2.45) is 0 Å². The van der Waals surface area contributed by atoms with E-state index in [-0.39, 0.29) is 6.29 Å². The Labute approximate surface area is 113 Å². The van der Waals surface area contributed by atoms with Gasteiger partial charge in [0.1, 0.15) is 0 Å². The summed E-state index contributed by atoms with van der Waals surface area (Å²) in [6.07, 6.45) is 17.2. The molecular weight excluding hydrogens is 224 g/mol. The number of unbranched alkanes of at least 4 members (excludes halogenated alkanes) is 6. The van der Waals surface area contributed by atoms with Crippen LogP contribution >= 0.6 is 0 Å². The quantitative estimate of drug-likeness (QED) is 0.258. The number of allylic oxidation sites excluding steroid dienone is 2. The molecule has 0 heterocycles. The molecule has 106 valence electrons. The monoisotopic (exact) mass is 254 g/mol. The summed E-state index contributed by atoms with van der Waals surface area (Å²) in [5.41, 5.74) is 0. The third kappa shape index (κ3) is 11.6. The van der Waals surface area contributed by atoms with E-state index >= 15 is 0 Å². The van der Waals surface area contributed by atoms with E-state index in [2.05, 4.69) is 6.92 Å². The lowest BCUT2D eigenvalue weighted by Crippen LogP contribution is -2.11. The molecule has 0 aliphatic carbocycles. The van der Waals surface area contributed by atoms with Crippen LogP contribution in [0.15, 0.2) is 24.7 Å². The van der Waals surface area contributed by atoms with Crippen LogP contribution in [-0.4, -0.2) is 6.29 Å². The van der Waals surface area contributed by atoms with Crippen LogP contribution in [0, 0.1) is 0 Å². The molecule has 0 N–H and O–H groups in total. The number of ether oxygens (including phenoxy) is 2. The molecule has 2 nitrogen and oxygen atoms in total. The van der Waals surface area contributed by atoms with E-state index < -0.39 is 0 Å². The van der Waals surface area contributed by atoms with Crippen LogP contribution in [0.25, 0.3) is 0 Å². The molecule has 0 unspecified atom stereocenters. The van der Waals surface area contributed by atoms with Gasteiger partial charge in [0.05, 0.1) is 12.5 Å². The van der Waals surface area contributed by atoms with E-state index in [1.807, 2.05) is 26.0 Å². The predicted octanol–water partition coefficient (Wildman–Crippen LogP) is 5.55. The van der Waals surface area contributed by atoms with Crippen LogP contribution in [0.3, 0.4) is 0 Å². The van der Waals surface area contributed by atoms with Crippen molar-refractivity contribution in [2.45, 2.75) is 78.4 Å². The molecule has 0 rings (SSSR count). The smallest absolute Gasteiger partial charge is 0.239 e. The molecule has 0 atom stereocenters. The summed E-state index contributed by atoms with van der Waals surface area (Å²) in [5, 5.41) is 0. The van der Waals surface area contributed by atoms with E-state index in [9.17, 15) is 0 Å². The van der Waals surface area contributed by atoms with E-state index in [1.165, 1.54) is 44.9 Å². The van der Waals surface area contributed by atoms with Crippen LogP contribution < -0.4 is 0 Å². The fraction of sp³-hybridized carbons (Fsp3) is 0.750. The molecule has 0 aromatic heterocycles. The van der Waals surface area contributed by atoms with Gasteiger partial charge in [0, 0.05) is 6.42 Å². The largest absolute Gasteiger partial charge is 0.463 e. The van der Waals surface area contributed by atoms with Crippen molar-refractivity contribution in [1.82, 2.24) is 0 Å². The Hall–Kier alpha value is -0.920. The molecule has 0 saturated heterocycles. The Morgan fingerprint density at radius 1 is 0.778 bits per heavy atom. The molecule has 0 fully saturated rings. The minimum absolute atomic E-state index is 0.131. The topological polar surface area (TPSA) is 18.5 Å². The third-order valence-electron chi connectivity index (χ3n) is 2.78. The van der Waals surface area contributed by atoms with Crippen LogP contribution in [0.2, 0.25) is 0 Å². The maximum atomic E-state index is 5.48. The van der Waals surface area contributed by atoms with Crippen LogP contribution in [-0.2, 0) is 9.47 Å². The molecule has 0 amide bonds. The van der Waals surface area contributed by atoms with Gasteiger partial charge in [-0.25, -0.2) is 0 Å². The summed E-state index contributed by atoms with van der Waals surface area (Å²) in [7, 11) is 0. The van der Waals surface area contributed by atoms with Gasteiger partial charge in [-0.05, 0) is 20.3 Å². The highest BCUT2D eigenvalue weighted by molar-refractivity contribution is 4.70. The maximum Gasteiger partial charge on any atom is 0.239 e. The minimum Gasteiger partial charge on any atom is -0.463 e. The first-order valence-electron chi connectivity index (χ1n) is 7.38. The SMILES string of the molecule is CC=COC(CCCCCCCCC)OC=CC. The highest BCUT2D eigenvalue weighted by Gasteiger charge is 2.06. The van der Waals surface area contributed by atoms with E-state index in [0.29, 0.717) is 0 Å². The molecule has 0 aliphatic heterocycles. The van der Waals surface area contributed by atoms with Crippen molar-refractivity contribution in [1.29, 1.82) is 0 Å². The van der Waals surface area contributed by atoms with Crippen molar-refractivity contribution < 1.29 is 9.47 Å². The summed E-state index contributed by atoms with van der Waals surface area (Å²) >= 11 is 0. The van der Waals surface area contributed by atoms with Gasteiger partial charge in [-0.1, -0.05) is 57.6 Å². The van der Waals surface area contributed by atoms with Gasteiger partial charge in [-0.2, -0.15) is 0 Å². The lowest BCUT2D eigenvalue weighted by atomic mass is 10.1. The Kier molecular flexibility index (Phi) is 13.4. The first-order valence-corrected chi connectivity index (χ1v) is 7.38. The Morgan fingerprint density at radius 3 is 1.78 bits per heavy atom. The average Bonchev–Trinajstić information content (AvgIpc) is 2.40. The average molecular weight is 254 g/mol. The predicted molar refractivity (Wildman–Crippen MR) is 78.2 cm³/mol. The molecular formula is C16H30O2. The standard InChI is InChI=1S/C16H30O2/c1-4-7-8-9-10-11-12-13-16(17-14-5-2)18-15-6-3/h5-6,14-16H,4,7-13H2,1-3H3. The van der Waals surface area contributed by atoms with Gasteiger partial charge in [0.15, 0.2) is 0 Å². The summed E-state index contributed by atoms with van der Waals surface area (Å²) in [4.78, 5) is 0. The van der Waals surface area contributed by atoms with Crippen molar-refractivity contribution in [3.8, 4) is 0 Å². The molecule has 0 aromatic carbocycles. The van der Waals surface area contributed by atoms with Crippen molar-refractivity contribution in [3.05, 3.63) is 24.7 Å². The highest BCUT2D eigenvalue weighted by Crippen LogP contribution is 2.12. The highest BCUT2D eigenvalue weighted by atomic mass is 16.7. The normalized spacial score (nSPS) is 13.3. The Balaban J connectivity index is 3.55.